The van der Waals surface area contributed by atoms with E-state index in [2.05, 4.69) is 22.4 Å². The van der Waals surface area contributed by atoms with Crippen molar-refractivity contribution in [1.29, 1.82) is 0 Å². The van der Waals surface area contributed by atoms with E-state index >= 15 is 0 Å². The second-order valence-electron chi connectivity index (χ2n) is 4.42. The average molecular weight is 218 g/mol. The number of pyridine rings is 1. The predicted molar refractivity (Wildman–Crippen MR) is 67.4 cm³/mol. The Hall–Kier alpha value is -0.890. The maximum atomic E-state index is 4.54. The van der Waals surface area contributed by atoms with E-state index in [1.807, 2.05) is 20.0 Å². The molecule has 3 rings (SSSR count). The monoisotopic (exact) mass is 218 g/mol. The zero-order chi connectivity index (χ0) is 11.4. The summed E-state index contributed by atoms with van der Waals surface area (Å²) in [6.07, 6.45) is 7.22. The zero-order valence-corrected chi connectivity index (χ0v) is 10.4. The maximum absolute atomic E-state index is 4.54. The summed E-state index contributed by atoms with van der Waals surface area (Å²) in [7, 11) is 0. The number of fused-ring (bicyclic) bond motifs is 3. The van der Waals surface area contributed by atoms with Gasteiger partial charge in [-0.2, -0.15) is 0 Å². The van der Waals surface area contributed by atoms with Crippen molar-refractivity contribution in [2.24, 2.45) is 5.92 Å². The first-order valence-corrected chi connectivity index (χ1v) is 6.62. The molecule has 1 aliphatic carbocycles. The number of rotatable bonds is 0. The molecule has 1 saturated heterocycles. The molecule has 16 heavy (non-hydrogen) atoms. The van der Waals surface area contributed by atoms with Crippen LogP contribution in [0.4, 0.5) is 0 Å². The van der Waals surface area contributed by atoms with Crippen LogP contribution in [0.15, 0.2) is 18.3 Å². The van der Waals surface area contributed by atoms with Crippen molar-refractivity contribution in [3.63, 3.8) is 0 Å². The maximum Gasteiger partial charge on any atom is 0.0607 e. The van der Waals surface area contributed by atoms with E-state index in [4.69, 9.17) is 0 Å². The van der Waals surface area contributed by atoms with Gasteiger partial charge in [0.05, 0.1) is 11.7 Å². The lowest BCUT2D eigenvalue weighted by Gasteiger charge is -2.36. The topological polar surface area (TPSA) is 24.9 Å². The number of aryl methyl sites for hydroxylation is 1. The van der Waals surface area contributed by atoms with E-state index in [0.717, 1.165) is 12.5 Å². The Morgan fingerprint density at radius 2 is 2.19 bits per heavy atom. The van der Waals surface area contributed by atoms with Gasteiger partial charge < -0.3 is 5.32 Å². The van der Waals surface area contributed by atoms with E-state index in [0.29, 0.717) is 6.04 Å². The molecule has 0 saturated carbocycles. The molecule has 0 amide bonds. The summed E-state index contributed by atoms with van der Waals surface area (Å²) in [6, 6.07) is 4.84. The second kappa shape index (κ2) is 5.44. The normalized spacial score (nSPS) is 27.1. The molecule has 0 spiro atoms. The van der Waals surface area contributed by atoms with Crippen LogP contribution in [0.5, 0.6) is 0 Å². The Labute approximate surface area is 98.5 Å². The van der Waals surface area contributed by atoms with Crippen molar-refractivity contribution >= 4 is 0 Å². The Morgan fingerprint density at radius 1 is 1.31 bits per heavy atom. The first-order valence-electron chi connectivity index (χ1n) is 6.62. The zero-order valence-electron chi connectivity index (χ0n) is 10.4. The third-order valence-electron chi connectivity index (χ3n) is 3.59. The lowest BCUT2D eigenvalue weighted by molar-refractivity contribution is 0.249. The van der Waals surface area contributed by atoms with Crippen LogP contribution >= 0.6 is 0 Å². The largest absolute Gasteiger partial charge is 0.308 e. The molecule has 1 aliphatic heterocycles. The van der Waals surface area contributed by atoms with Gasteiger partial charge in [0.15, 0.2) is 0 Å². The number of hydrogen-bond donors (Lipinski definition) is 1. The third kappa shape index (κ3) is 2.12. The third-order valence-corrected chi connectivity index (χ3v) is 3.59. The SMILES string of the molecule is CC.c1cnc2c(c1)CC[C@@H]1CCCN[C@H]21. The molecule has 2 heterocycles. The summed E-state index contributed by atoms with van der Waals surface area (Å²) in [5.41, 5.74) is 2.78. The van der Waals surface area contributed by atoms with Crippen LogP contribution in [-0.2, 0) is 6.42 Å². The highest BCUT2D eigenvalue weighted by molar-refractivity contribution is 5.26. The van der Waals surface area contributed by atoms with E-state index in [9.17, 15) is 0 Å². The minimum atomic E-state index is 0.550. The molecule has 88 valence electrons. The summed E-state index contributed by atoms with van der Waals surface area (Å²) in [5.74, 6) is 0.839. The van der Waals surface area contributed by atoms with Gasteiger partial charge in [-0.1, -0.05) is 19.9 Å². The number of aromatic nitrogens is 1. The van der Waals surface area contributed by atoms with Gasteiger partial charge in [-0.3, -0.25) is 4.98 Å². The van der Waals surface area contributed by atoms with Crippen molar-refractivity contribution in [1.82, 2.24) is 10.3 Å². The Bertz CT molecular complexity index is 335. The Kier molecular flexibility index (Phi) is 3.94. The molecule has 0 aromatic carbocycles. The second-order valence-corrected chi connectivity index (χ2v) is 4.42. The highest BCUT2D eigenvalue weighted by Gasteiger charge is 2.31. The lowest BCUT2D eigenvalue weighted by atomic mass is 9.78. The molecule has 0 radical (unpaired) electrons. The van der Waals surface area contributed by atoms with E-state index < -0.39 is 0 Å². The number of hydrogen-bond acceptors (Lipinski definition) is 2. The molecule has 2 aliphatic rings. The first-order chi connectivity index (χ1) is 7.95. The van der Waals surface area contributed by atoms with Crippen LogP contribution in [-0.4, -0.2) is 11.5 Å². The van der Waals surface area contributed by atoms with Gasteiger partial charge in [0.25, 0.3) is 0 Å². The minimum Gasteiger partial charge on any atom is -0.308 e. The van der Waals surface area contributed by atoms with Gasteiger partial charge >= 0.3 is 0 Å². The molecule has 1 fully saturated rings. The smallest absolute Gasteiger partial charge is 0.0607 e. The minimum absolute atomic E-state index is 0.550. The molecule has 1 N–H and O–H groups in total. The fraction of sp³-hybridized carbons (Fsp3) is 0.643. The summed E-state index contributed by atoms with van der Waals surface area (Å²) >= 11 is 0. The molecule has 2 nitrogen and oxygen atoms in total. The van der Waals surface area contributed by atoms with Crippen molar-refractivity contribution < 1.29 is 0 Å². The van der Waals surface area contributed by atoms with E-state index in [1.54, 1.807) is 0 Å². The molecular weight excluding hydrogens is 196 g/mol. The molecule has 1 aromatic rings. The lowest BCUT2D eigenvalue weighted by Crippen LogP contribution is -2.37. The Balaban J connectivity index is 0.000000457. The van der Waals surface area contributed by atoms with Gasteiger partial charge in [0.1, 0.15) is 0 Å². The van der Waals surface area contributed by atoms with Crippen molar-refractivity contribution in [2.75, 3.05) is 6.54 Å². The van der Waals surface area contributed by atoms with Crippen LogP contribution in [0, 0.1) is 5.92 Å². The van der Waals surface area contributed by atoms with Crippen LogP contribution in [0.2, 0.25) is 0 Å². The molecule has 2 heteroatoms. The average Bonchev–Trinajstić information content (AvgIpc) is 2.41. The van der Waals surface area contributed by atoms with Crippen molar-refractivity contribution in [2.45, 2.75) is 45.6 Å². The number of nitrogens with one attached hydrogen (secondary N) is 1. The van der Waals surface area contributed by atoms with Crippen molar-refractivity contribution in [3.05, 3.63) is 29.6 Å². The van der Waals surface area contributed by atoms with Gasteiger partial charge in [0, 0.05) is 6.20 Å². The summed E-state index contributed by atoms with van der Waals surface area (Å²) in [5, 5.41) is 3.61. The fourth-order valence-corrected chi connectivity index (χ4v) is 2.87. The molecule has 1 aromatic heterocycles. The highest BCUT2D eigenvalue weighted by atomic mass is 15.0. The molecule has 0 unspecified atom stereocenters. The number of piperidine rings is 1. The predicted octanol–water partition coefficient (Wildman–Crippen LogP) is 3.09. The number of nitrogens with zero attached hydrogens (tertiary/aromatic N) is 1. The highest BCUT2D eigenvalue weighted by Crippen LogP contribution is 2.37. The van der Waals surface area contributed by atoms with Crippen molar-refractivity contribution in [3.8, 4) is 0 Å². The van der Waals surface area contributed by atoms with E-state index in [-0.39, 0.29) is 0 Å². The quantitative estimate of drug-likeness (QED) is 0.724. The summed E-state index contributed by atoms with van der Waals surface area (Å²) < 4.78 is 0. The van der Waals surface area contributed by atoms with E-state index in [1.165, 1.54) is 36.9 Å². The standard InChI is InChI=1S/C12H16N2.C2H6/c1-3-9-5-6-10-4-2-8-14-12(10)11(9)13-7-1;1-2/h1,3,7,10,12,14H,2,4-6,8H2;1-2H3/t10-,12-;/m0./s1. The first kappa shape index (κ1) is 11.6. The van der Waals surface area contributed by atoms with Crippen LogP contribution in [0.3, 0.4) is 0 Å². The van der Waals surface area contributed by atoms with Crippen LogP contribution in [0.25, 0.3) is 0 Å². The van der Waals surface area contributed by atoms with Crippen LogP contribution < -0.4 is 5.32 Å². The summed E-state index contributed by atoms with van der Waals surface area (Å²) in [6.45, 7) is 5.16. The fourth-order valence-electron chi connectivity index (χ4n) is 2.87. The van der Waals surface area contributed by atoms with Gasteiger partial charge in [0.2, 0.25) is 0 Å². The van der Waals surface area contributed by atoms with Gasteiger partial charge in [-0.25, -0.2) is 0 Å². The molecule has 0 bridgehead atoms. The molecule has 2 atom stereocenters. The molecular formula is C14H22N2. The Morgan fingerprint density at radius 3 is 3.06 bits per heavy atom. The van der Waals surface area contributed by atoms with Gasteiger partial charge in [-0.05, 0) is 49.8 Å². The van der Waals surface area contributed by atoms with Crippen LogP contribution in [0.1, 0.15) is 50.4 Å². The summed E-state index contributed by atoms with van der Waals surface area (Å²) in [4.78, 5) is 4.54. The van der Waals surface area contributed by atoms with Gasteiger partial charge in [-0.15, -0.1) is 0 Å².